The Hall–Kier alpha value is -1.85. The van der Waals surface area contributed by atoms with E-state index >= 15 is 0 Å². The van der Waals surface area contributed by atoms with Crippen LogP contribution in [0, 0.1) is 0 Å². The lowest BCUT2D eigenvalue weighted by Gasteiger charge is -2.04. The van der Waals surface area contributed by atoms with E-state index in [1.807, 2.05) is 24.3 Å². The molecule has 0 aliphatic carbocycles. The number of oxime groups is 1. The molecule has 0 heterocycles. The Kier molecular flexibility index (Phi) is 5.78. The molecule has 0 bridgehead atoms. The first-order chi connectivity index (χ1) is 10.1. The molecule has 0 spiro atoms. The Morgan fingerprint density at radius 2 is 1.86 bits per heavy atom. The average molecular weight is 368 g/mol. The minimum Gasteiger partial charge on any atom is -0.386 e. The van der Waals surface area contributed by atoms with E-state index in [4.69, 9.17) is 16.4 Å². The van der Waals surface area contributed by atoms with Crippen molar-refractivity contribution >= 4 is 45.3 Å². The number of carbonyl (C=O) groups excluding carboxylic acids is 1. The lowest BCUT2D eigenvalue weighted by Crippen LogP contribution is -2.16. The van der Waals surface area contributed by atoms with Gasteiger partial charge in [-0.05, 0) is 42.0 Å². The van der Waals surface area contributed by atoms with Crippen LogP contribution in [0.3, 0.4) is 0 Å². The minimum atomic E-state index is -0.287. The molecule has 0 atom stereocenters. The molecule has 0 fully saturated rings. The summed E-state index contributed by atoms with van der Waals surface area (Å²) in [5.41, 5.74) is 1.54. The van der Waals surface area contributed by atoms with Gasteiger partial charge in [-0.1, -0.05) is 44.8 Å². The van der Waals surface area contributed by atoms with Gasteiger partial charge in [-0.25, -0.2) is 0 Å². The predicted molar refractivity (Wildman–Crippen MR) is 87.8 cm³/mol. The zero-order valence-electron chi connectivity index (χ0n) is 10.9. The molecule has 0 aliphatic rings. The molecule has 2 aromatic rings. The van der Waals surface area contributed by atoms with Crippen molar-refractivity contribution in [1.29, 1.82) is 0 Å². The Bertz CT molecular complexity index is 627. The molecule has 6 heteroatoms. The molecule has 21 heavy (non-hydrogen) atoms. The van der Waals surface area contributed by atoms with E-state index < -0.39 is 0 Å². The van der Waals surface area contributed by atoms with E-state index in [9.17, 15) is 4.79 Å². The van der Waals surface area contributed by atoms with Crippen molar-refractivity contribution in [3.05, 3.63) is 63.6 Å². The fourth-order valence-electron chi connectivity index (χ4n) is 1.47. The standard InChI is InChI=1S/C15H12BrClN2O2/c16-12-3-1-11(2-4-12)9-18-21-10-15(20)19-14-7-5-13(17)6-8-14/h1-9H,10H2,(H,19,20)/b18-9-. The number of hydrogen-bond acceptors (Lipinski definition) is 3. The SMILES string of the molecule is O=C(CO/N=C\c1ccc(Br)cc1)Nc1ccc(Cl)cc1. The van der Waals surface area contributed by atoms with Crippen LogP contribution in [-0.2, 0) is 9.63 Å². The summed E-state index contributed by atoms with van der Waals surface area (Å²) in [5, 5.41) is 7.03. The largest absolute Gasteiger partial charge is 0.386 e. The summed E-state index contributed by atoms with van der Waals surface area (Å²) in [6.45, 7) is -0.157. The Morgan fingerprint density at radius 1 is 1.19 bits per heavy atom. The van der Waals surface area contributed by atoms with Crippen molar-refractivity contribution in [2.75, 3.05) is 11.9 Å². The summed E-state index contributed by atoms with van der Waals surface area (Å²) in [6.07, 6.45) is 1.54. The fraction of sp³-hybridized carbons (Fsp3) is 0.0667. The van der Waals surface area contributed by atoms with Gasteiger partial charge in [0.1, 0.15) is 0 Å². The highest BCUT2D eigenvalue weighted by atomic mass is 79.9. The summed E-state index contributed by atoms with van der Waals surface area (Å²) in [5.74, 6) is -0.287. The lowest BCUT2D eigenvalue weighted by atomic mass is 10.2. The molecule has 0 unspecified atom stereocenters. The summed E-state index contributed by atoms with van der Waals surface area (Å²) in [4.78, 5) is 16.5. The first kappa shape index (κ1) is 15.5. The molecular weight excluding hydrogens is 356 g/mol. The summed E-state index contributed by atoms with van der Waals surface area (Å²) < 4.78 is 0.989. The van der Waals surface area contributed by atoms with Crippen molar-refractivity contribution in [3.63, 3.8) is 0 Å². The monoisotopic (exact) mass is 366 g/mol. The van der Waals surface area contributed by atoms with Gasteiger partial charge in [0.15, 0.2) is 6.61 Å². The molecule has 4 nitrogen and oxygen atoms in total. The highest BCUT2D eigenvalue weighted by molar-refractivity contribution is 9.10. The number of anilines is 1. The van der Waals surface area contributed by atoms with E-state index in [-0.39, 0.29) is 12.5 Å². The van der Waals surface area contributed by atoms with Gasteiger partial charge in [0.2, 0.25) is 0 Å². The Balaban J connectivity index is 1.76. The second-order valence-corrected chi connectivity index (χ2v) is 5.47. The normalized spacial score (nSPS) is 10.6. The minimum absolute atomic E-state index is 0.157. The van der Waals surface area contributed by atoms with Crippen LogP contribution in [0.15, 0.2) is 58.2 Å². The van der Waals surface area contributed by atoms with Crippen LogP contribution in [0.25, 0.3) is 0 Å². The van der Waals surface area contributed by atoms with Crippen molar-refractivity contribution < 1.29 is 9.63 Å². The van der Waals surface area contributed by atoms with E-state index in [2.05, 4.69) is 26.4 Å². The number of halogens is 2. The first-order valence-corrected chi connectivity index (χ1v) is 7.27. The Labute approximate surface area is 135 Å². The van der Waals surface area contributed by atoms with Gasteiger partial charge >= 0.3 is 0 Å². The number of nitrogens with zero attached hydrogens (tertiary/aromatic N) is 1. The molecule has 0 saturated heterocycles. The van der Waals surface area contributed by atoms with E-state index in [0.29, 0.717) is 10.7 Å². The maximum Gasteiger partial charge on any atom is 0.265 e. The number of nitrogens with one attached hydrogen (secondary N) is 1. The van der Waals surface area contributed by atoms with Gasteiger partial charge in [0.05, 0.1) is 6.21 Å². The van der Waals surface area contributed by atoms with Crippen LogP contribution >= 0.6 is 27.5 Å². The van der Waals surface area contributed by atoms with Crippen LogP contribution in [0.4, 0.5) is 5.69 Å². The molecule has 0 aromatic heterocycles. The quantitative estimate of drug-likeness (QED) is 0.639. The number of rotatable bonds is 5. The van der Waals surface area contributed by atoms with Crippen LogP contribution in [-0.4, -0.2) is 18.7 Å². The summed E-state index contributed by atoms with van der Waals surface area (Å²) in [7, 11) is 0. The summed E-state index contributed by atoms with van der Waals surface area (Å²) >= 11 is 9.10. The first-order valence-electron chi connectivity index (χ1n) is 6.10. The van der Waals surface area contributed by atoms with Gasteiger partial charge < -0.3 is 10.2 Å². The molecule has 0 aliphatic heterocycles. The highest BCUT2D eigenvalue weighted by Crippen LogP contribution is 2.13. The second-order valence-electron chi connectivity index (χ2n) is 4.11. The number of amides is 1. The van der Waals surface area contributed by atoms with E-state index in [1.165, 1.54) is 0 Å². The molecule has 1 amide bonds. The summed E-state index contributed by atoms with van der Waals surface area (Å²) in [6, 6.07) is 14.4. The van der Waals surface area contributed by atoms with Gasteiger partial charge in [-0.2, -0.15) is 0 Å². The van der Waals surface area contributed by atoms with E-state index in [0.717, 1.165) is 10.0 Å². The average Bonchev–Trinajstić information content (AvgIpc) is 2.48. The maximum atomic E-state index is 11.6. The Morgan fingerprint density at radius 3 is 2.52 bits per heavy atom. The molecule has 108 valence electrons. The molecule has 0 radical (unpaired) electrons. The van der Waals surface area contributed by atoms with Crippen LogP contribution in [0.1, 0.15) is 5.56 Å². The molecule has 2 aromatic carbocycles. The van der Waals surface area contributed by atoms with Crippen LogP contribution in [0.5, 0.6) is 0 Å². The van der Waals surface area contributed by atoms with Crippen molar-refractivity contribution in [3.8, 4) is 0 Å². The second kappa shape index (κ2) is 7.81. The maximum absolute atomic E-state index is 11.6. The van der Waals surface area contributed by atoms with Gasteiger partial charge in [0.25, 0.3) is 5.91 Å². The number of carbonyl (C=O) groups is 1. The van der Waals surface area contributed by atoms with Crippen molar-refractivity contribution in [2.24, 2.45) is 5.16 Å². The van der Waals surface area contributed by atoms with Crippen molar-refractivity contribution in [1.82, 2.24) is 0 Å². The van der Waals surface area contributed by atoms with Crippen LogP contribution < -0.4 is 5.32 Å². The van der Waals surface area contributed by atoms with E-state index in [1.54, 1.807) is 30.5 Å². The molecule has 2 rings (SSSR count). The third-order valence-electron chi connectivity index (χ3n) is 2.47. The number of benzene rings is 2. The van der Waals surface area contributed by atoms with Gasteiger partial charge in [-0.15, -0.1) is 0 Å². The topological polar surface area (TPSA) is 50.7 Å². The van der Waals surface area contributed by atoms with Crippen LogP contribution in [0.2, 0.25) is 5.02 Å². The fourth-order valence-corrected chi connectivity index (χ4v) is 1.86. The predicted octanol–water partition coefficient (Wildman–Crippen LogP) is 4.09. The van der Waals surface area contributed by atoms with Gasteiger partial charge in [0, 0.05) is 15.2 Å². The van der Waals surface area contributed by atoms with Crippen molar-refractivity contribution in [2.45, 2.75) is 0 Å². The number of hydrogen-bond donors (Lipinski definition) is 1. The molecule has 1 N–H and O–H groups in total. The zero-order valence-corrected chi connectivity index (χ0v) is 13.3. The highest BCUT2D eigenvalue weighted by Gasteiger charge is 2.02. The third kappa shape index (κ3) is 5.57. The third-order valence-corrected chi connectivity index (χ3v) is 3.25. The zero-order chi connectivity index (χ0) is 15.1. The molecule has 0 saturated carbocycles. The lowest BCUT2D eigenvalue weighted by molar-refractivity contribution is -0.120. The molecular formula is C15H12BrClN2O2. The van der Waals surface area contributed by atoms with Gasteiger partial charge in [-0.3, -0.25) is 4.79 Å². The smallest absolute Gasteiger partial charge is 0.265 e.